The second-order valence-electron chi connectivity index (χ2n) is 8.58. The maximum absolute atomic E-state index is 13.3. The van der Waals surface area contributed by atoms with Gasteiger partial charge in [-0.3, -0.25) is 4.79 Å². The van der Waals surface area contributed by atoms with E-state index in [9.17, 15) is 13.2 Å². The molecule has 0 spiro atoms. The van der Waals surface area contributed by atoms with Crippen LogP contribution in [0.3, 0.4) is 0 Å². The molecule has 1 N–H and O–H groups in total. The lowest BCUT2D eigenvalue weighted by atomic mass is 10.1. The van der Waals surface area contributed by atoms with Crippen molar-refractivity contribution in [2.45, 2.75) is 25.3 Å². The summed E-state index contributed by atoms with van der Waals surface area (Å²) in [5, 5.41) is 8.04. The summed E-state index contributed by atoms with van der Waals surface area (Å²) in [4.78, 5) is 20.2. The Bertz CT molecular complexity index is 1620. The average Bonchev–Trinajstić information content (AvgIpc) is 3.28. The minimum absolute atomic E-state index is 0.000811. The quantitative estimate of drug-likeness (QED) is 0.256. The summed E-state index contributed by atoms with van der Waals surface area (Å²) >= 11 is 12.6. The summed E-state index contributed by atoms with van der Waals surface area (Å²) in [5.41, 5.74) is 2.10. The van der Waals surface area contributed by atoms with Crippen molar-refractivity contribution in [2.75, 3.05) is 18.1 Å². The van der Waals surface area contributed by atoms with Crippen LogP contribution in [0.2, 0.25) is 10.0 Å². The number of rotatable bonds is 5. The van der Waals surface area contributed by atoms with Crippen LogP contribution in [-0.2, 0) is 9.84 Å². The Morgan fingerprint density at radius 1 is 1.13 bits per heavy atom. The van der Waals surface area contributed by atoms with Crippen LogP contribution in [0.15, 0.2) is 42.5 Å². The summed E-state index contributed by atoms with van der Waals surface area (Å²) < 4.78 is 25.0. The van der Waals surface area contributed by atoms with E-state index in [1.807, 2.05) is 0 Å². The Hall–Kier alpha value is -3.81. The van der Waals surface area contributed by atoms with Crippen LogP contribution in [0.5, 0.6) is 0 Å². The smallest absolute Gasteiger partial charge is 0.261 e. The summed E-state index contributed by atoms with van der Waals surface area (Å²) in [6.45, 7) is 15.1. The maximum Gasteiger partial charge on any atom is 0.261 e. The number of hydrogen-bond acceptors (Lipinski definition) is 4. The van der Waals surface area contributed by atoms with Gasteiger partial charge < -0.3 is 10.2 Å². The molecule has 0 bridgehead atoms. The molecule has 2 aromatic carbocycles. The third kappa shape index (κ3) is 6.18. The van der Waals surface area contributed by atoms with Gasteiger partial charge in [0.25, 0.3) is 5.91 Å². The van der Waals surface area contributed by atoms with Crippen molar-refractivity contribution in [2.24, 2.45) is 0 Å². The van der Waals surface area contributed by atoms with E-state index in [4.69, 9.17) is 36.3 Å². The zero-order valence-corrected chi connectivity index (χ0v) is 22.4. The minimum atomic E-state index is -3.09. The fraction of sp³-hybridized carbons (Fsp3) is 0.259. The third-order valence-corrected chi connectivity index (χ3v) is 8.21. The Kier molecular flexibility index (Phi) is 8.39. The van der Waals surface area contributed by atoms with Gasteiger partial charge in [-0.15, -0.1) is 0 Å². The fourth-order valence-corrected chi connectivity index (χ4v) is 6.01. The third-order valence-electron chi connectivity index (χ3n) is 5.95. The van der Waals surface area contributed by atoms with Crippen molar-refractivity contribution in [1.29, 1.82) is 0 Å². The molecular weight excluding hydrogens is 545 g/mol. The lowest BCUT2D eigenvalue weighted by molar-refractivity contribution is 0.0929. The van der Waals surface area contributed by atoms with Gasteiger partial charge in [0.15, 0.2) is 5.69 Å². The van der Waals surface area contributed by atoms with Gasteiger partial charge in [0, 0.05) is 16.6 Å². The van der Waals surface area contributed by atoms with Gasteiger partial charge >= 0.3 is 0 Å². The van der Waals surface area contributed by atoms with Crippen molar-refractivity contribution in [3.63, 3.8) is 0 Å². The summed E-state index contributed by atoms with van der Waals surface area (Å²) in [7, 11) is -3.09. The molecule has 0 saturated carbocycles. The number of benzene rings is 2. The number of aromatic nitrogens is 2. The molecule has 38 heavy (non-hydrogen) atoms. The Morgan fingerprint density at radius 2 is 1.84 bits per heavy atom. The van der Waals surface area contributed by atoms with Gasteiger partial charge in [0.05, 0.1) is 40.9 Å². The highest BCUT2D eigenvalue weighted by Gasteiger charge is 2.30. The van der Waals surface area contributed by atoms with Crippen LogP contribution in [0.25, 0.3) is 26.6 Å². The summed E-state index contributed by atoms with van der Waals surface area (Å²) in [6.07, 6.45) is 1.08. The van der Waals surface area contributed by atoms with Crippen molar-refractivity contribution < 1.29 is 13.2 Å². The van der Waals surface area contributed by atoms with E-state index < -0.39 is 15.7 Å². The summed E-state index contributed by atoms with van der Waals surface area (Å²) in [6, 6.07) is 11.6. The van der Waals surface area contributed by atoms with Crippen molar-refractivity contribution >= 4 is 44.6 Å². The standard InChI is InChI=1S/C27H21Cl2N5O3S/c1-30-14-4-3-5-18-6-8-19(9-7-18)26-24(31-2)25(27(35)32-21-12-15-38(36,37)16-13-21)33-34(26)23-11-10-20(28)17-22(23)29/h6-11,17,21H,4,12-16H2,(H,32,35). The SMILES string of the molecule is [C-]#[N+]CCC#Cc1ccc(-c2c([N+]#[C-])c(C(=O)NC3CCS(=O)(=O)CC3)nn2-c2ccc(Cl)cc2Cl)cc1. The van der Waals surface area contributed by atoms with Gasteiger partial charge in [-0.2, -0.15) is 5.10 Å². The van der Waals surface area contributed by atoms with E-state index in [2.05, 4.69) is 31.9 Å². The van der Waals surface area contributed by atoms with E-state index in [1.165, 1.54) is 4.68 Å². The van der Waals surface area contributed by atoms with Crippen LogP contribution in [0, 0.1) is 25.0 Å². The molecule has 4 rings (SSSR count). The van der Waals surface area contributed by atoms with Crippen LogP contribution in [-0.4, -0.2) is 48.2 Å². The van der Waals surface area contributed by atoms with Gasteiger partial charge in [-0.05, 0) is 48.7 Å². The molecule has 1 amide bonds. The Labute approximate surface area is 231 Å². The lowest BCUT2D eigenvalue weighted by Gasteiger charge is -2.22. The number of hydrogen-bond donors (Lipinski definition) is 1. The molecule has 0 radical (unpaired) electrons. The van der Waals surface area contributed by atoms with Gasteiger partial charge in [-0.25, -0.2) is 24.5 Å². The molecule has 11 heteroatoms. The zero-order valence-electron chi connectivity index (χ0n) is 20.0. The lowest BCUT2D eigenvalue weighted by Crippen LogP contribution is -2.41. The highest BCUT2D eigenvalue weighted by molar-refractivity contribution is 7.91. The molecule has 1 fully saturated rings. The number of carbonyl (C=O) groups is 1. The van der Waals surface area contributed by atoms with Crippen molar-refractivity contribution in [1.82, 2.24) is 15.1 Å². The second-order valence-corrected chi connectivity index (χ2v) is 11.7. The van der Waals surface area contributed by atoms with E-state index in [1.54, 1.807) is 42.5 Å². The number of carbonyl (C=O) groups excluding carboxylic acids is 1. The first-order valence-corrected chi connectivity index (χ1v) is 14.2. The predicted octanol–water partition coefficient (Wildman–Crippen LogP) is 5.36. The molecule has 0 unspecified atom stereocenters. The number of halogens is 2. The molecule has 192 valence electrons. The normalized spacial score (nSPS) is 14.5. The molecule has 0 aliphatic carbocycles. The monoisotopic (exact) mass is 565 g/mol. The molecule has 8 nitrogen and oxygen atoms in total. The molecule has 1 aromatic heterocycles. The van der Waals surface area contributed by atoms with Crippen LogP contribution >= 0.6 is 23.2 Å². The van der Waals surface area contributed by atoms with Crippen molar-refractivity contribution in [3.05, 3.63) is 86.6 Å². The molecular formula is C27H21Cl2N5O3S. The number of nitrogens with zero attached hydrogens (tertiary/aromatic N) is 4. The molecule has 2 heterocycles. The fourth-order valence-electron chi connectivity index (χ4n) is 4.03. The van der Waals surface area contributed by atoms with E-state index >= 15 is 0 Å². The Balaban J connectivity index is 1.76. The maximum atomic E-state index is 13.3. The molecule has 1 saturated heterocycles. The number of sulfone groups is 1. The van der Waals surface area contributed by atoms with Crippen LogP contribution < -0.4 is 5.32 Å². The molecule has 1 aliphatic heterocycles. The minimum Gasteiger partial charge on any atom is -0.349 e. The molecule has 0 atom stereocenters. The second kappa shape index (κ2) is 11.7. The van der Waals surface area contributed by atoms with Crippen LogP contribution in [0.4, 0.5) is 5.69 Å². The number of nitrogens with one attached hydrogen (secondary N) is 1. The van der Waals surface area contributed by atoms with Crippen molar-refractivity contribution in [3.8, 4) is 28.8 Å². The molecule has 1 aliphatic rings. The van der Waals surface area contributed by atoms with Gasteiger partial charge in [0.2, 0.25) is 12.2 Å². The van der Waals surface area contributed by atoms with E-state index in [-0.39, 0.29) is 34.0 Å². The number of amides is 1. The predicted molar refractivity (Wildman–Crippen MR) is 147 cm³/mol. The summed E-state index contributed by atoms with van der Waals surface area (Å²) in [5.74, 6) is 5.39. The average molecular weight is 566 g/mol. The first-order chi connectivity index (χ1) is 18.2. The van der Waals surface area contributed by atoms with Gasteiger partial charge in [-0.1, -0.05) is 47.2 Å². The van der Waals surface area contributed by atoms with Crippen LogP contribution in [0.1, 0.15) is 35.3 Å². The van der Waals surface area contributed by atoms with E-state index in [0.717, 1.165) is 5.56 Å². The Morgan fingerprint density at radius 3 is 2.47 bits per heavy atom. The highest BCUT2D eigenvalue weighted by Crippen LogP contribution is 2.38. The van der Waals surface area contributed by atoms with E-state index in [0.29, 0.717) is 47.8 Å². The zero-order chi connectivity index (χ0) is 27.3. The van der Waals surface area contributed by atoms with Gasteiger partial charge in [0.1, 0.15) is 9.84 Å². The highest BCUT2D eigenvalue weighted by atomic mass is 35.5. The largest absolute Gasteiger partial charge is 0.349 e. The first kappa shape index (κ1) is 27.2. The molecule has 3 aromatic rings. The topological polar surface area (TPSA) is 89.8 Å². The first-order valence-electron chi connectivity index (χ1n) is 11.6.